The first kappa shape index (κ1) is 32.7. The maximum Gasteiger partial charge on any atom is 0.0130 e. The van der Waals surface area contributed by atoms with Crippen molar-refractivity contribution in [2.75, 3.05) is 0 Å². The fourth-order valence-electron chi connectivity index (χ4n) is 7.08. The molecule has 0 heteroatoms. The van der Waals surface area contributed by atoms with Gasteiger partial charge in [-0.3, -0.25) is 0 Å². The molecule has 0 bridgehead atoms. The lowest BCUT2D eigenvalue weighted by Gasteiger charge is -2.19. The zero-order valence-corrected chi connectivity index (χ0v) is 29.1. The van der Waals surface area contributed by atoms with Gasteiger partial charge >= 0.3 is 0 Å². The predicted molar refractivity (Wildman–Crippen MR) is 221 cm³/mol. The number of hydrogen-bond acceptors (Lipinski definition) is 0. The van der Waals surface area contributed by atoms with Gasteiger partial charge in [-0.05, 0) is 84.8 Å². The number of benzene rings is 8. The lowest BCUT2D eigenvalue weighted by atomic mass is 9.85. The molecule has 0 aliphatic rings. The zero-order valence-electron chi connectivity index (χ0n) is 29.1. The van der Waals surface area contributed by atoms with Crippen molar-refractivity contribution in [2.24, 2.45) is 0 Å². The molecule has 0 aliphatic carbocycles. The Kier molecular flexibility index (Phi) is 9.80. The lowest BCUT2D eigenvalue weighted by molar-refractivity contribution is 0.805. The van der Waals surface area contributed by atoms with Gasteiger partial charge in [0.15, 0.2) is 0 Å². The van der Waals surface area contributed by atoms with Crippen LogP contribution in [0.1, 0.15) is 39.3 Å². The fraction of sp³-hybridized carbons (Fsp3) is 0.0385. The molecule has 0 aromatic heterocycles. The van der Waals surface area contributed by atoms with Gasteiger partial charge in [0.25, 0.3) is 0 Å². The summed E-state index contributed by atoms with van der Waals surface area (Å²) in [7, 11) is 0. The molecule has 248 valence electrons. The molecule has 0 aliphatic heterocycles. The van der Waals surface area contributed by atoms with Gasteiger partial charge < -0.3 is 0 Å². The first-order valence-corrected chi connectivity index (χ1v) is 18.1. The van der Waals surface area contributed by atoms with E-state index < -0.39 is 0 Å². The Morgan fingerprint density at radius 1 is 0.327 bits per heavy atom. The summed E-state index contributed by atoms with van der Waals surface area (Å²) >= 11 is 0. The van der Waals surface area contributed by atoms with Crippen molar-refractivity contribution in [1.82, 2.24) is 0 Å². The monoisotopic (exact) mass is 664 g/mol. The SMILES string of the molecule is C(=C(/c1ccccc1)c1ccc(-c2ccccc2)cc1)/c1ccc(-c2ccc(CC(c3ccccc3)c3ccc(-c4ccccc4)cc3)cc2)cc1. The Morgan fingerprint density at radius 2 is 0.692 bits per heavy atom. The van der Waals surface area contributed by atoms with Gasteiger partial charge in [0.05, 0.1) is 0 Å². The highest BCUT2D eigenvalue weighted by molar-refractivity contribution is 5.92. The standard InChI is InChI=1S/C52H40/c1-5-13-41(14-6-1)45-29-33-49(34-30-45)51(47-17-9-3-10-18-47)37-39-21-25-43(26-22-39)44-27-23-40(24-28-44)38-52(48-19-11-4-12-20-48)50-35-31-46(32-36-50)42-15-7-2-8-16-42/h1-37,52H,38H2/b51-37+. The van der Waals surface area contributed by atoms with Gasteiger partial charge in [0.2, 0.25) is 0 Å². The van der Waals surface area contributed by atoms with Gasteiger partial charge in [-0.1, -0.05) is 218 Å². The maximum absolute atomic E-state index is 2.30. The van der Waals surface area contributed by atoms with Crippen molar-refractivity contribution < 1.29 is 0 Å². The number of rotatable bonds is 10. The molecular formula is C52H40. The molecule has 1 atom stereocenters. The van der Waals surface area contributed by atoms with E-state index in [1.54, 1.807) is 0 Å². The van der Waals surface area contributed by atoms with E-state index in [2.05, 4.69) is 224 Å². The molecule has 0 heterocycles. The second kappa shape index (κ2) is 15.6. The minimum Gasteiger partial charge on any atom is -0.0622 e. The average molecular weight is 665 g/mol. The largest absolute Gasteiger partial charge is 0.0622 e. The third-order valence-corrected chi connectivity index (χ3v) is 9.96. The molecule has 8 rings (SSSR count). The van der Waals surface area contributed by atoms with Crippen LogP contribution in [0.5, 0.6) is 0 Å². The zero-order chi connectivity index (χ0) is 35.0. The Balaban J connectivity index is 1.02. The Labute approximate surface area is 308 Å². The third kappa shape index (κ3) is 7.63. The van der Waals surface area contributed by atoms with E-state index >= 15 is 0 Å². The van der Waals surface area contributed by atoms with Crippen LogP contribution >= 0.6 is 0 Å². The van der Waals surface area contributed by atoms with E-state index in [9.17, 15) is 0 Å². The minimum absolute atomic E-state index is 0.274. The summed E-state index contributed by atoms with van der Waals surface area (Å²) in [5, 5.41) is 0. The van der Waals surface area contributed by atoms with E-state index in [0.29, 0.717) is 0 Å². The van der Waals surface area contributed by atoms with Crippen molar-refractivity contribution in [3.8, 4) is 33.4 Å². The Morgan fingerprint density at radius 3 is 1.21 bits per heavy atom. The predicted octanol–water partition coefficient (Wildman–Crippen LogP) is 13.7. The highest BCUT2D eigenvalue weighted by Crippen LogP contribution is 2.33. The molecule has 0 radical (unpaired) electrons. The second-order valence-corrected chi connectivity index (χ2v) is 13.3. The van der Waals surface area contributed by atoms with Crippen LogP contribution in [0.25, 0.3) is 45.0 Å². The quantitative estimate of drug-likeness (QED) is 0.128. The third-order valence-electron chi connectivity index (χ3n) is 9.96. The van der Waals surface area contributed by atoms with Crippen LogP contribution in [0.3, 0.4) is 0 Å². The molecule has 0 fully saturated rings. The highest BCUT2D eigenvalue weighted by atomic mass is 14.2. The topological polar surface area (TPSA) is 0 Å². The van der Waals surface area contributed by atoms with E-state index in [-0.39, 0.29) is 5.92 Å². The van der Waals surface area contributed by atoms with Crippen molar-refractivity contribution >= 4 is 11.6 Å². The molecule has 8 aromatic rings. The molecule has 1 unspecified atom stereocenters. The molecule has 0 N–H and O–H groups in total. The van der Waals surface area contributed by atoms with Crippen LogP contribution in [-0.4, -0.2) is 0 Å². The summed E-state index contributed by atoms with van der Waals surface area (Å²) in [5.74, 6) is 0.274. The van der Waals surface area contributed by atoms with Gasteiger partial charge in [-0.15, -0.1) is 0 Å². The molecule has 0 spiro atoms. The van der Waals surface area contributed by atoms with Crippen LogP contribution in [0.4, 0.5) is 0 Å². The summed E-state index contributed by atoms with van der Waals surface area (Å²) in [5.41, 5.74) is 16.2. The van der Waals surface area contributed by atoms with Crippen LogP contribution in [0, 0.1) is 0 Å². The van der Waals surface area contributed by atoms with Crippen LogP contribution in [0.2, 0.25) is 0 Å². The van der Waals surface area contributed by atoms with E-state index in [0.717, 1.165) is 6.42 Å². The molecule has 8 aromatic carbocycles. The lowest BCUT2D eigenvalue weighted by Crippen LogP contribution is -2.05. The van der Waals surface area contributed by atoms with Gasteiger partial charge in [0.1, 0.15) is 0 Å². The van der Waals surface area contributed by atoms with Crippen molar-refractivity contribution in [1.29, 1.82) is 0 Å². The molecule has 0 nitrogen and oxygen atoms in total. The molecule has 52 heavy (non-hydrogen) atoms. The van der Waals surface area contributed by atoms with Gasteiger partial charge in [-0.25, -0.2) is 0 Å². The second-order valence-electron chi connectivity index (χ2n) is 13.3. The van der Waals surface area contributed by atoms with Crippen LogP contribution in [0.15, 0.2) is 218 Å². The van der Waals surface area contributed by atoms with Crippen molar-refractivity contribution in [2.45, 2.75) is 12.3 Å². The van der Waals surface area contributed by atoms with E-state index in [1.807, 2.05) is 0 Å². The van der Waals surface area contributed by atoms with E-state index in [4.69, 9.17) is 0 Å². The molecule has 0 saturated carbocycles. The average Bonchev–Trinajstić information content (AvgIpc) is 3.24. The smallest absolute Gasteiger partial charge is 0.0130 e. The summed E-state index contributed by atoms with van der Waals surface area (Å²) in [6.45, 7) is 0. The first-order chi connectivity index (χ1) is 25.8. The summed E-state index contributed by atoms with van der Waals surface area (Å²) < 4.78 is 0. The van der Waals surface area contributed by atoms with E-state index in [1.165, 1.54) is 72.3 Å². The Bertz CT molecular complexity index is 2340. The highest BCUT2D eigenvalue weighted by Gasteiger charge is 2.16. The molecular weight excluding hydrogens is 625 g/mol. The van der Waals surface area contributed by atoms with Gasteiger partial charge in [-0.2, -0.15) is 0 Å². The number of hydrogen-bond donors (Lipinski definition) is 0. The van der Waals surface area contributed by atoms with Crippen LogP contribution in [-0.2, 0) is 6.42 Å². The maximum atomic E-state index is 2.30. The van der Waals surface area contributed by atoms with Crippen LogP contribution < -0.4 is 0 Å². The summed E-state index contributed by atoms with van der Waals surface area (Å²) in [6.07, 6.45) is 3.24. The molecule has 0 amide bonds. The first-order valence-electron chi connectivity index (χ1n) is 18.1. The Hall–Kier alpha value is -6.50. The van der Waals surface area contributed by atoms with Crippen molar-refractivity contribution in [3.63, 3.8) is 0 Å². The summed E-state index contributed by atoms with van der Waals surface area (Å²) in [4.78, 5) is 0. The molecule has 0 saturated heterocycles. The van der Waals surface area contributed by atoms with Gasteiger partial charge in [0, 0.05) is 5.92 Å². The summed E-state index contributed by atoms with van der Waals surface area (Å²) in [6, 6.07) is 78.8. The van der Waals surface area contributed by atoms with Crippen molar-refractivity contribution in [3.05, 3.63) is 252 Å². The normalized spacial score (nSPS) is 12.0. The fourth-order valence-corrected chi connectivity index (χ4v) is 7.08. The minimum atomic E-state index is 0.274.